The zero-order chi connectivity index (χ0) is 24.7. The van der Waals surface area contributed by atoms with E-state index in [9.17, 15) is 18.0 Å². The Balaban J connectivity index is 1.24. The molecular formula is C28H31F3N2O2. The second kappa shape index (κ2) is 9.34. The molecule has 7 heteroatoms. The van der Waals surface area contributed by atoms with E-state index in [1.54, 1.807) is 19.2 Å². The molecule has 5 rings (SSSR count). The van der Waals surface area contributed by atoms with Gasteiger partial charge in [-0.2, -0.15) is 13.2 Å². The Hall–Kier alpha value is -2.80. The second-order valence-electron chi connectivity index (χ2n) is 10.0. The van der Waals surface area contributed by atoms with Crippen LogP contribution >= 0.6 is 0 Å². The maximum atomic E-state index is 13.5. The van der Waals surface area contributed by atoms with Gasteiger partial charge in [-0.1, -0.05) is 23.8 Å². The Morgan fingerprint density at radius 3 is 2.57 bits per heavy atom. The van der Waals surface area contributed by atoms with Gasteiger partial charge in [0.2, 0.25) is 5.91 Å². The summed E-state index contributed by atoms with van der Waals surface area (Å²) in [6.07, 6.45) is -0.821. The van der Waals surface area contributed by atoms with E-state index in [0.717, 1.165) is 45.3 Å². The number of carbonyl (C=O) groups excluding carboxylic acids is 1. The van der Waals surface area contributed by atoms with Gasteiger partial charge in [-0.25, -0.2) is 0 Å². The Morgan fingerprint density at radius 2 is 1.89 bits per heavy atom. The summed E-state index contributed by atoms with van der Waals surface area (Å²) in [4.78, 5) is 14.0. The van der Waals surface area contributed by atoms with E-state index in [4.69, 9.17) is 4.74 Å². The molecule has 0 unspecified atom stereocenters. The van der Waals surface area contributed by atoms with E-state index in [1.807, 2.05) is 12.1 Å². The van der Waals surface area contributed by atoms with Crippen molar-refractivity contribution in [3.05, 3.63) is 69.8 Å². The van der Waals surface area contributed by atoms with Crippen molar-refractivity contribution in [3.63, 3.8) is 0 Å². The van der Waals surface area contributed by atoms with Crippen LogP contribution in [0, 0.1) is 5.92 Å². The first-order chi connectivity index (χ1) is 16.7. The SMILES string of the molecule is CNC(=O)C1CN(CC2=C(C)c3ccc(OCc4ccc(C5CC5)c(C(F)(F)F)c4)cc3CC2)C1. The van der Waals surface area contributed by atoms with Crippen LogP contribution in [0.25, 0.3) is 5.57 Å². The summed E-state index contributed by atoms with van der Waals surface area (Å²) in [5.74, 6) is 0.924. The number of rotatable bonds is 7. The summed E-state index contributed by atoms with van der Waals surface area (Å²) in [7, 11) is 1.68. The third kappa shape index (κ3) is 5.10. The summed E-state index contributed by atoms with van der Waals surface area (Å²) in [5, 5.41) is 2.72. The van der Waals surface area contributed by atoms with E-state index in [-0.39, 0.29) is 24.3 Å². The van der Waals surface area contributed by atoms with Crippen LogP contribution in [0.3, 0.4) is 0 Å². The fraction of sp³-hybridized carbons (Fsp3) is 0.464. The molecule has 1 amide bonds. The van der Waals surface area contributed by atoms with Crippen molar-refractivity contribution in [1.82, 2.24) is 10.2 Å². The number of hydrogen-bond acceptors (Lipinski definition) is 3. The lowest BCUT2D eigenvalue weighted by atomic mass is 9.85. The van der Waals surface area contributed by atoms with Crippen molar-refractivity contribution >= 4 is 11.5 Å². The van der Waals surface area contributed by atoms with Crippen molar-refractivity contribution in [2.24, 2.45) is 5.92 Å². The molecule has 3 aliphatic rings. The monoisotopic (exact) mass is 484 g/mol. The second-order valence-corrected chi connectivity index (χ2v) is 10.0. The number of ether oxygens (including phenoxy) is 1. The number of nitrogens with zero attached hydrogens (tertiary/aromatic N) is 1. The minimum Gasteiger partial charge on any atom is -0.489 e. The van der Waals surface area contributed by atoms with Gasteiger partial charge < -0.3 is 10.1 Å². The van der Waals surface area contributed by atoms with E-state index in [2.05, 4.69) is 23.2 Å². The van der Waals surface area contributed by atoms with Crippen LogP contribution in [0.15, 0.2) is 42.0 Å². The first-order valence-electron chi connectivity index (χ1n) is 12.3. The van der Waals surface area contributed by atoms with Gasteiger partial charge in [-0.15, -0.1) is 0 Å². The zero-order valence-electron chi connectivity index (χ0n) is 20.2. The molecule has 1 aliphatic heterocycles. The average molecular weight is 485 g/mol. The lowest BCUT2D eigenvalue weighted by Gasteiger charge is -2.39. The molecular weight excluding hydrogens is 453 g/mol. The van der Waals surface area contributed by atoms with Crippen LogP contribution in [0.5, 0.6) is 5.75 Å². The lowest BCUT2D eigenvalue weighted by Crippen LogP contribution is -2.53. The third-order valence-corrected chi connectivity index (χ3v) is 7.54. The van der Waals surface area contributed by atoms with E-state index in [0.29, 0.717) is 16.9 Å². The Bertz CT molecular complexity index is 1160. The summed E-state index contributed by atoms with van der Waals surface area (Å²) in [6, 6.07) is 10.6. The molecule has 186 valence electrons. The zero-order valence-corrected chi connectivity index (χ0v) is 20.2. The largest absolute Gasteiger partial charge is 0.489 e. The Labute approximate surface area is 204 Å². The minimum absolute atomic E-state index is 0.0433. The molecule has 2 aromatic rings. The number of hydrogen-bond donors (Lipinski definition) is 1. The molecule has 2 fully saturated rings. The number of likely N-dealkylation sites (tertiary alicyclic amines) is 1. The number of halogens is 3. The molecule has 0 aromatic heterocycles. The Morgan fingerprint density at radius 1 is 1.11 bits per heavy atom. The van der Waals surface area contributed by atoms with Gasteiger partial charge in [0.05, 0.1) is 11.5 Å². The molecule has 1 N–H and O–H groups in total. The fourth-order valence-corrected chi connectivity index (χ4v) is 5.29. The van der Waals surface area contributed by atoms with Crippen LogP contribution in [0.2, 0.25) is 0 Å². The molecule has 1 saturated carbocycles. The molecule has 2 aliphatic carbocycles. The van der Waals surface area contributed by atoms with E-state index in [1.165, 1.54) is 28.3 Å². The molecule has 0 bridgehead atoms. The molecule has 0 atom stereocenters. The van der Waals surface area contributed by atoms with Crippen LogP contribution in [0.4, 0.5) is 13.2 Å². The van der Waals surface area contributed by atoms with Gasteiger partial charge in [0, 0.05) is 26.7 Å². The maximum absolute atomic E-state index is 13.5. The molecule has 1 heterocycles. The maximum Gasteiger partial charge on any atom is 0.416 e. The highest BCUT2D eigenvalue weighted by molar-refractivity contribution is 5.79. The number of allylic oxidation sites excluding steroid dienone is 1. The lowest BCUT2D eigenvalue weighted by molar-refractivity contribution is -0.138. The Kier molecular flexibility index (Phi) is 6.38. The first-order valence-corrected chi connectivity index (χ1v) is 12.3. The topological polar surface area (TPSA) is 41.6 Å². The molecule has 35 heavy (non-hydrogen) atoms. The number of nitrogens with one attached hydrogen (secondary N) is 1. The number of carbonyl (C=O) groups is 1. The molecule has 0 radical (unpaired) electrons. The number of amides is 1. The van der Waals surface area contributed by atoms with Gasteiger partial charge in [0.25, 0.3) is 0 Å². The molecule has 1 saturated heterocycles. The van der Waals surface area contributed by atoms with Crippen molar-refractivity contribution in [1.29, 1.82) is 0 Å². The van der Waals surface area contributed by atoms with Crippen LogP contribution in [-0.2, 0) is 24.0 Å². The summed E-state index contributed by atoms with van der Waals surface area (Å²) in [5.41, 5.74) is 5.50. The molecule has 0 spiro atoms. The third-order valence-electron chi connectivity index (χ3n) is 7.54. The van der Waals surface area contributed by atoms with Crippen LogP contribution in [-0.4, -0.2) is 37.5 Å². The van der Waals surface area contributed by atoms with Gasteiger partial charge in [-0.05, 0) is 84.6 Å². The van der Waals surface area contributed by atoms with Gasteiger partial charge in [0.15, 0.2) is 0 Å². The van der Waals surface area contributed by atoms with Crippen molar-refractivity contribution in [2.45, 2.75) is 51.3 Å². The quantitative estimate of drug-likeness (QED) is 0.560. The van der Waals surface area contributed by atoms with Crippen LogP contribution < -0.4 is 10.1 Å². The summed E-state index contributed by atoms with van der Waals surface area (Å²) >= 11 is 0. The van der Waals surface area contributed by atoms with Crippen molar-refractivity contribution in [3.8, 4) is 5.75 Å². The van der Waals surface area contributed by atoms with Gasteiger partial charge in [-0.3, -0.25) is 9.69 Å². The van der Waals surface area contributed by atoms with Gasteiger partial charge in [0.1, 0.15) is 12.4 Å². The normalized spacial score (nSPS) is 18.8. The smallest absolute Gasteiger partial charge is 0.416 e. The van der Waals surface area contributed by atoms with E-state index < -0.39 is 11.7 Å². The first kappa shape index (κ1) is 23.9. The van der Waals surface area contributed by atoms with Crippen molar-refractivity contribution < 1.29 is 22.7 Å². The predicted molar refractivity (Wildman–Crippen MR) is 129 cm³/mol. The summed E-state index contributed by atoms with van der Waals surface area (Å²) in [6.45, 7) is 4.73. The molecule has 4 nitrogen and oxygen atoms in total. The summed E-state index contributed by atoms with van der Waals surface area (Å²) < 4.78 is 46.6. The van der Waals surface area contributed by atoms with E-state index >= 15 is 0 Å². The average Bonchev–Trinajstić information content (AvgIpc) is 3.65. The number of alkyl halides is 3. The number of aryl methyl sites for hydroxylation is 1. The highest BCUT2D eigenvalue weighted by Crippen LogP contribution is 2.46. The standard InChI is InChI=1S/C28H31F3N2O2/c1-17-21(13-33-14-22(15-33)27(34)32-2)7-6-20-12-23(8-10-24(17)20)35-16-18-3-9-25(19-4-5-19)26(11-18)28(29,30)31/h3,8-12,19,22H,4-7,13-16H2,1-2H3,(H,32,34). The highest BCUT2D eigenvalue weighted by atomic mass is 19.4. The molecule has 2 aromatic carbocycles. The van der Waals surface area contributed by atoms with Gasteiger partial charge >= 0.3 is 6.18 Å². The number of benzene rings is 2. The minimum atomic E-state index is -4.35. The fourth-order valence-electron chi connectivity index (χ4n) is 5.29. The number of fused-ring (bicyclic) bond motifs is 1. The van der Waals surface area contributed by atoms with Crippen molar-refractivity contribution in [2.75, 3.05) is 26.7 Å². The predicted octanol–water partition coefficient (Wildman–Crippen LogP) is 5.56. The highest BCUT2D eigenvalue weighted by Gasteiger charge is 2.38. The van der Waals surface area contributed by atoms with Crippen LogP contribution in [0.1, 0.15) is 59.9 Å².